The van der Waals surface area contributed by atoms with E-state index in [-0.39, 0.29) is 6.61 Å². The SMILES string of the molecule is COc1ccc(C(OC[C@@]2(C(C)O)O[C@@H](n3cc(F)c(=O)[nH]c3=O)[C@@H](F)[C@@H]2C)(c2ccccc2)c2ccccc2)cc1. The Morgan fingerprint density at radius 3 is 2.07 bits per heavy atom. The predicted molar refractivity (Wildman–Crippen MR) is 152 cm³/mol. The molecule has 8 nitrogen and oxygen atoms in total. The second-order valence-corrected chi connectivity index (χ2v) is 10.4. The summed E-state index contributed by atoms with van der Waals surface area (Å²) in [6, 6.07) is 26.3. The van der Waals surface area contributed by atoms with E-state index in [2.05, 4.69) is 0 Å². The minimum absolute atomic E-state index is 0.320. The van der Waals surface area contributed by atoms with Crippen LogP contribution in [0.25, 0.3) is 0 Å². The fraction of sp³-hybridized carbons (Fsp3) is 0.312. The van der Waals surface area contributed by atoms with Crippen LogP contribution in [0.4, 0.5) is 8.78 Å². The van der Waals surface area contributed by atoms with E-state index in [1.807, 2.05) is 89.9 Å². The third-order valence-corrected chi connectivity index (χ3v) is 8.14. The monoisotopic (exact) mass is 578 g/mol. The fourth-order valence-electron chi connectivity index (χ4n) is 5.68. The maximum atomic E-state index is 15.9. The van der Waals surface area contributed by atoms with Gasteiger partial charge >= 0.3 is 5.69 Å². The lowest BCUT2D eigenvalue weighted by molar-refractivity contribution is -0.189. The Balaban J connectivity index is 1.64. The Morgan fingerprint density at radius 2 is 1.55 bits per heavy atom. The Labute approximate surface area is 241 Å². The van der Waals surface area contributed by atoms with Crippen molar-refractivity contribution in [2.24, 2.45) is 5.92 Å². The Bertz CT molecular complexity index is 1590. The quantitative estimate of drug-likeness (QED) is 0.287. The molecular formula is C32H32F2N2O6. The first kappa shape index (κ1) is 29.4. The lowest BCUT2D eigenvalue weighted by atomic mass is 9.79. The summed E-state index contributed by atoms with van der Waals surface area (Å²) in [5.41, 5.74) is -2.91. The molecular weight excluding hydrogens is 546 g/mol. The van der Waals surface area contributed by atoms with Crippen LogP contribution in [0, 0.1) is 11.7 Å². The number of nitrogens with one attached hydrogen (secondary N) is 1. The van der Waals surface area contributed by atoms with Gasteiger partial charge in [0.05, 0.1) is 26.0 Å². The maximum Gasteiger partial charge on any atom is 0.330 e. The molecule has 5 atom stereocenters. The molecule has 0 bridgehead atoms. The summed E-state index contributed by atoms with van der Waals surface area (Å²) in [5.74, 6) is -1.64. The molecule has 220 valence electrons. The van der Waals surface area contributed by atoms with E-state index in [0.29, 0.717) is 16.5 Å². The largest absolute Gasteiger partial charge is 0.497 e. The van der Waals surface area contributed by atoms with E-state index in [0.717, 1.165) is 16.7 Å². The normalized spacial score (nSPS) is 23.0. The van der Waals surface area contributed by atoms with Crippen LogP contribution >= 0.6 is 0 Å². The minimum atomic E-state index is -1.85. The van der Waals surface area contributed by atoms with Crippen molar-refractivity contribution in [2.45, 2.75) is 43.6 Å². The Kier molecular flexibility index (Phi) is 8.14. The van der Waals surface area contributed by atoms with Crippen molar-refractivity contribution in [1.82, 2.24) is 9.55 Å². The van der Waals surface area contributed by atoms with Crippen LogP contribution in [0.1, 0.15) is 36.8 Å². The van der Waals surface area contributed by atoms with Gasteiger partial charge in [0, 0.05) is 5.92 Å². The van der Waals surface area contributed by atoms with Crippen LogP contribution in [-0.2, 0) is 15.1 Å². The topological polar surface area (TPSA) is 103 Å². The highest BCUT2D eigenvalue weighted by Crippen LogP contribution is 2.48. The number of hydrogen-bond acceptors (Lipinski definition) is 6. The molecule has 0 radical (unpaired) electrons. The van der Waals surface area contributed by atoms with Crippen molar-refractivity contribution in [3.05, 3.63) is 134 Å². The number of rotatable bonds is 9. The van der Waals surface area contributed by atoms with Crippen LogP contribution in [0.5, 0.6) is 5.75 Å². The van der Waals surface area contributed by atoms with Crippen LogP contribution in [0.3, 0.4) is 0 Å². The minimum Gasteiger partial charge on any atom is -0.497 e. The molecule has 42 heavy (non-hydrogen) atoms. The summed E-state index contributed by atoms with van der Waals surface area (Å²) in [6.45, 7) is 2.67. The van der Waals surface area contributed by atoms with Gasteiger partial charge in [-0.1, -0.05) is 79.7 Å². The summed E-state index contributed by atoms with van der Waals surface area (Å²) >= 11 is 0. The van der Waals surface area contributed by atoms with Gasteiger partial charge in [-0.05, 0) is 35.7 Å². The molecule has 1 unspecified atom stereocenters. The predicted octanol–water partition coefficient (Wildman–Crippen LogP) is 4.32. The number of ether oxygens (including phenoxy) is 3. The molecule has 1 aromatic heterocycles. The number of aromatic amines is 1. The zero-order valence-electron chi connectivity index (χ0n) is 23.4. The van der Waals surface area contributed by atoms with E-state index in [1.54, 1.807) is 7.11 Å². The van der Waals surface area contributed by atoms with Gasteiger partial charge in [-0.3, -0.25) is 14.3 Å². The molecule has 4 aromatic rings. The Morgan fingerprint density at radius 1 is 1.00 bits per heavy atom. The van der Waals surface area contributed by atoms with Crippen molar-refractivity contribution in [2.75, 3.05) is 13.7 Å². The zero-order valence-corrected chi connectivity index (χ0v) is 23.4. The lowest BCUT2D eigenvalue weighted by Gasteiger charge is -2.42. The zero-order chi connectivity index (χ0) is 30.1. The number of hydrogen-bond donors (Lipinski definition) is 2. The van der Waals surface area contributed by atoms with Gasteiger partial charge in [-0.25, -0.2) is 9.18 Å². The molecule has 2 heterocycles. The molecule has 3 aromatic carbocycles. The average molecular weight is 579 g/mol. The molecule has 0 aliphatic carbocycles. The highest BCUT2D eigenvalue weighted by Gasteiger charge is 2.58. The lowest BCUT2D eigenvalue weighted by Crippen LogP contribution is -2.52. The number of halogens is 2. The number of H-pyrrole nitrogens is 1. The smallest absolute Gasteiger partial charge is 0.330 e. The number of benzene rings is 3. The third kappa shape index (κ3) is 4.95. The third-order valence-electron chi connectivity index (χ3n) is 8.14. The second kappa shape index (κ2) is 11.6. The highest BCUT2D eigenvalue weighted by molar-refractivity contribution is 5.48. The summed E-state index contributed by atoms with van der Waals surface area (Å²) in [4.78, 5) is 26.0. The molecule has 1 saturated heterocycles. The molecule has 5 rings (SSSR count). The molecule has 2 N–H and O–H groups in total. The van der Waals surface area contributed by atoms with Crippen LogP contribution in [0.15, 0.2) is 101 Å². The number of nitrogens with zero attached hydrogens (tertiary/aromatic N) is 1. The maximum absolute atomic E-state index is 15.9. The van der Waals surface area contributed by atoms with E-state index in [4.69, 9.17) is 14.2 Å². The van der Waals surface area contributed by atoms with Gasteiger partial charge < -0.3 is 19.3 Å². The molecule has 1 fully saturated rings. The van der Waals surface area contributed by atoms with Crippen LogP contribution in [0.2, 0.25) is 0 Å². The average Bonchev–Trinajstić information content (AvgIpc) is 3.27. The van der Waals surface area contributed by atoms with Gasteiger partial charge in [0.15, 0.2) is 12.4 Å². The molecule has 1 aliphatic rings. The van der Waals surface area contributed by atoms with Gasteiger partial charge in [-0.2, -0.15) is 4.39 Å². The van der Waals surface area contributed by atoms with Crippen molar-refractivity contribution in [1.29, 1.82) is 0 Å². The number of aromatic nitrogens is 2. The highest BCUT2D eigenvalue weighted by atomic mass is 19.1. The second-order valence-electron chi connectivity index (χ2n) is 10.4. The van der Waals surface area contributed by atoms with Gasteiger partial charge in [-0.15, -0.1) is 0 Å². The van der Waals surface area contributed by atoms with Crippen LogP contribution in [-0.4, -0.2) is 46.3 Å². The molecule has 0 amide bonds. The van der Waals surface area contributed by atoms with Crippen molar-refractivity contribution >= 4 is 0 Å². The first-order valence-corrected chi connectivity index (χ1v) is 13.5. The van der Waals surface area contributed by atoms with Crippen molar-refractivity contribution in [3.8, 4) is 5.75 Å². The van der Waals surface area contributed by atoms with Gasteiger partial charge in [0.2, 0.25) is 5.82 Å². The Hall–Kier alpha value is -4.12. The molecule has 0 spiro atoms. The van der Waals surface area contributed by atoms with Gasteiger partial charge in [0.25, 0.3) is 5.56 Å². The first-order valence-electron chi connectivity index (χ1n) is 13.5. The molecule has 10 heteroatoms. The number of aliphatic hydroxyl groups excluding tert-OH is 1. The number of aliphatic hydroxyl groups is 1. The summed E-state index contributed by atoms with van der Waals surface area (Å²) < 4.78 is 49.1. The standard InChI is InChI=1S/C32H32F2N2O6/c1-20-27(34)29(36-18-26(33)28(38)35-30(36)39)42-31(20,21(2)37)19-41-32(22-10-6-4-7-11-22,23-12-8-5-9-13-23)24-14-16-25(40-3)17-15-24/h4-18,20-21,27,29,37H,19H2,1-3H3,(H,35,38,39)/t20-,21?,27-,29+,31+/m0/s1. The first-order chi connectivity index (χ1) is 20.1. The van der Waals surface area contributed by atoms with Gasteiger partial charge in [0.1, 0.15) is 17.0 Å². The van der Waals surface area contributed by atoms with E-state index >= 15 is 4.39 Å². The fourth-order valence-corrected chi connectivity index (χ4v) is 5.68. The summed E-state index contributed by atoms with van der Waals surface area (Å²) in [5, 5.41) is 11.1. The summed E-state index contributed by atoms with van der Waals surface area (Å²) in [6.07, 6.45) is -4.14. The van der Waals surface area contributed by atoms with Crippen molar-refractivity contribution < 1.29 is 28.1 Å². The number of methoxy groups -OCH3 is 1. The van der Waals surface area contributed by atoms with E-state index in [9.17, 15) is 19.1 Å². The number of alkyl halides is 1. The van der Waals surface area contributed by atoms with Crippen molar-refractivity contribution in [3.63, 3.8) is 0 Å². The molecule has 0 saturated carbocycles. The van der Waals surface area contributed by atoms with E-state index in [1.165, 1.54) is 13.8 Å². The van der Waals surface area contributed by atoms with Crippen LogP contribution < -0.4 is 16.0 Å². The molecule has 1 aliphatic heterocycles. The van der Waals surface area contributed by atoms with E-state index < -0.39 is 52.7 Å². The summed E-state index contributed by atoms with van der Waals surface area (Å²) in [7, 11) is 1.57.